The third-order valence-corrected chi connectivity index (χ3v) is 4.00. The van der Waals surface area contributed by atoms with Crippen molar-refractivity contribution < 1.29 is 14.3 Å². The first-order chi connectivity index (χ1) is 12.9. The molecule has 6 heteroatoms. The number of benzene rings is 2. The molecular weight excluding hydrogens is 342 g/mol. The molecule has 2 amide bonds. The van der Waals surface area contributed by atoms with E-state index >= 15 is 0 Å². The van der Waals surface area contributed by atoms with Gasteiger partial charge in [0.25, 0.3) is 11.8 Å². The predicted octanol–water partition coefficient (Wildman–Crippen LogP) is 2.15. The molecule has 1 N–H and O–H groups in total. The molecule has 0 aliphatic heterocycles. The smallest absolute Gasteiger partial charge is 0.259 e. The van der Waals surface area contributed by atoms with Gasteiger partial charge in [0.05, 0.1) is 0 Å². The summed E-state index contributed by atoms with van der Waals surface area (Å²) in [6.07, 6.45) is 0. The van der Waals surface area contributed by atoms with Crippen LogP contribution in [-0.2, 0) is 17.9 Å². The lowest BCUT2D eigenvalue weighted by Crippen LogP contribution is -2.27. The monoisotopic (exact) mass is 369 g/mol. The molecule has 0 unspecified atom stereocenters. The summed E-state index contributed by atoms with van der Waals surface area (Å²) in [5, 5.41) is 2.95. The standard InChI is InChI=1S/C21H27N3O3/c1-23(2)14-18-9-6-5-8-17(18)13-22-21(26)16-10-7-11-19(12-16)27-15-20(25)24(3)4/h5-12H,13-15H2,1-4H3,(H,22,26). The summed E-state index contributed by atoms with van der Waals surface area (Å²) >= 11 is 0. The highest BCUT2D eigenvalue weighted by atomic mass is 16.5. The van der Waals surface area contributed by atoms with E-state index in [1.807, 2.05) is 32.3 Å². The van der Waals surface area contributed by atoms with Crippen LogP contribution >= 0.6 is 0 Å². The molecule has 0 atom stereocenters. The molecule has 0 aliphatic rings. The van der Waals surface area contributed by atoms with Crippen molar-refractivity contribution in [3.8, 4) is 5.75 Å². The quantitative estimate of drug-likeness (QED) is 0.774. The Morgan fingerprint density at radius 1 is 0.963 bits per heavy atom. The van der Waals surface area contributed by atoms with Crippen molar-refractivity contribution in [1.82, 2.24) is 15.1 Å². The third-order valence-electron chi connectivity index (χ3n) is 4.00. The average Bonchev–Trinajstić information content (AvgIpc) is 2.64. The van der Waals surface area contributed by atoms with Gasteiger partial charge in [-0.25, -0.2) is 0 Å². The topological polar surface area (TPSA) is 61.9 Å². The van der Waals surface area contributed by atoms with Gasteiger partial charge >= 0.3 is 0 Å². The van der Waals surface area contributed by atoms with Gasteiger partial charge in [-0.1, -0.05) is 30.3 Å². The molecule has 0 fully saturated rings. The highest BCUT2D eigenvalue weighted by molar-refractivity contribution is 5.94. The fourth-order valence-electron chi connectivity index (χ4n) is 2.50. The van der Waals surface area contributed by atoms with Gasteiger partial charge in [-0.15, -0.1) is 0 Å². The molecule has 27 heavy (non-hydrogen) atoms. The number of hydrogen-bond acceptors (Lipinski definition) is 4. The van der Waals surface area contributed by atoms with Crippen molar-refractivity contribution in [2.24, 2.45) is 0 Å². The van der Waals surface area contributed by atoms with Gasteiger partial charge in [0.15, 0.2) is 6.61 Å². The van der Waals surface area contributed by atoms with E-state index in [1.165, 1.54) is 10.5 Å². The molecule has 0 saturated heterocycles. The van der Waals surface area contributed by atoms with E-state index in [-0.39, 0.29) is 18.4 Å². The number of amides is 2. The molecule has 0 aromatic heterocycles. The molecule has 0 aliphatic carbocycles. The van der Waals surface area contributed by atoms with Crippen molar-refractivity contribution in [1.29, 1.82) is 0 Å². The number of nitrogens with one attached hydrogen (secondary N) is 1. The lowest BCUT2D eigenvalue weighted by atomic mass is 10.1. The van der Waals surface area contributed by atoms with Crippen LogP contribution in [0.1, 0.15) is 21.5 Å². The van der Waals surface area contributed by atoms with E-state index in [9.17, 15) is 9.59 Å². The van der Waals surface area contributed by atoms with Gasteiger partial charge in [0.1, 0.15) is 5.75 Å². The number of ether oxygens (including phenoxy) is 1. The molecule has 0 spiro atoms. The normalized spacial score (nSPS) is 10.6. The first kappa shape index (κ1) is 20.5. The third kappa shape index (κ3) is 6.42. The van der Waals surface area contributed by atoms with Gasteiger partial charge in [0.2, 0.25) is 0 Å². The van der Waals surface area contributed by atoms with Gasteiger partial charge in [-0.3, -0.25) is 9.59 Å². The van der Waals surface area contributed by atoms with Crippen LogP contribution < -0.4 is 10.1 Å². The summed E-state index contributed by atoms with van der Waals surface area (Å²) in [6, 6.07) is 14.9. The van der Waals surface area contributed by atoms with Crippen molar-refractivity contribution in [2.45, 2.75) is 13.1 Å². The van der Waals surface area contributed by atoms with Gasteiger partial charge in [-0.2, -0.15) is 0 Å². The highest BCUT2D eigenvalue weighted by Crippen LogP contribution is 2.14. The zero-order valence-corrected chi connectivity index (χ0v) is 16.4. The summed E-state index contributed by atoms with van der Waals surface area (Å²) < 4.78 is 5.47. The van der Waals surface area contributed by atoms with Crippen LogP contribution in [0.25, 0.3) is 0 Å². The van der Waals surface area contributed by atoms with Crippen LogP contribution in [0.3, 0.4) is 0 Å². The molecule has 2 aromatic carbocycles. The SMILES string of the molecule is CN(C)Cc1ccccc1CNC(=O)c1cccc(OCC(=O)N(C)C)c1. The van der Waals surface area contributed by atoms with Crippen LogP contribution in [0.2, 0.25) is 0 Å². The van der Waals surface area contributed by atoms with Crippen molar-refractivity contribution >= 4 is 11.8 Å². The maximum absolute atomic E-state index is 12.5. The zero-order valence-electron chi connectivity index (χ0n) is 16.4. The first-order valence-corrected chi connectivity index (χ1v) is 8.79. The second-order valence-electron chi connectivity index (χ2n) is 6.79. The number of nitrogens with zero attached hydrogens (tertiary/aromatic N) is 2. The van der Waals surface area contributed by atoms with E-state index in [1.54, 1.807) is 38.4 Å². The second kappa shape index (κ2) is 9.73. The summed E-state index contributed by atoms with van der Waals surface area (Å²) in [7, 11) is 7.37. The maximum Gasteiger partial charge on any atom is 0.259 e. The second-order valence-corrected chi connectivity index (χ2v) is 6.79. The molecule has 6 nitrogen and oxygen atoms in total. The molecule has 2 rings (SSSR count). The number of carbonyl (C=O) groups excluding carboxylic acids is 2. The van der Waals surface area contributed by atoms with Gasteiger partial charge in [0, 0.05) is 32.7 Å². The average molecular weight is 369 g/mol. The minimum atomic E-state index is -0.181. The lowest BCUT2D eigenvalue weighted by Gasteiger charge is -2.15. The number of rotatable bonds is 8. The van der Waals surface area contributed by atoms with E-state index in [2.05, 4.69) is 16.3 Å². The zero-order chi connectivity index (χ0) is 19.8. The van der Waals surface area contributed by atoms with Gasteiger partial charge in [-0.05, 0) is 43.4 Å². The Kier molecular flexibility index (Phi) is 7.37. The summed E-state index contributed by atoms with van der Waals surface area (Å²) in [5.74, 6) is 0.173. The molecule has 0 radical (unpaired) electrons. The van der Waals surface area contributed by atoms with E-state index in [4.69, 9.17) is 4.74 Å². The number of hydrogen-bond donors (Lipinski definition) is 1. The highest BCUT2D eigenvalue weighted by Gasteiger charge is 2.10. The Bertz CT molecular complexity index is 788. The Labute approximate surface area is 160 Å². The molecule has 0 heterocycles. The molecular formula is C21H27N3O3. The van der Waals surface area contributed by atoms with Crippen LogP contribution in [0.15, 0.2) is 48.5 Å². The number of carbonyl (C=O) groups is 2. The van der Waals surface area contributed by atoms with Gasteiger partial charge < -0.3 is 19.9 Å². The van der Waals surface area contributed by atoms with Crippen molar-refractivity contribution in [3.63, 3.8) is 0 Å². The minimum Gasteiger partial charge on any atom is -0.484 e. The first-order valence-electron chi connectivity index (χ1n) is 8.79. The largest absolute Gasteiger partial charge is 0.484 e. The van der Waals surface area contributed by atoms with Crippen molar-refractivity contribution in [2.75, 3.05) is 34.8 Å². The maximum atomic E-state index is 12.5. The van der Waals surface area contributed by atoms with Crippen LogP contribution in [0.4, 0.5) is 0 Å². The summed E-state index contributed by atoms with van der Waals surface area (Å²) in [6.45, 7) is 1.21. The lowest BCUT2D eigenvalue weighted by molar-refractivity contribution is -0.130. The summed E-state index contributed by atoms with van der Waals surface area (Å²) in [4.78, 5) is 27.7. The predicted molar refractivity (Wildman–Crippen MR) is 106 cm³/mol. The Morgan fingerprint density at radius 3 is 2.33 bits per heavy atom. The molecule has 0 bridgehead atoms. The fourth-order valence-corrected chi connectivity index (χ4v) is 2.50. The molecule has 2 aromatic rings. The Balaban J connectivity index is 1.99. The van der Waals surface area contributed by atoms with Crippen LogP contribution in [0.5, 0.6) is 5.75 Å². The molecule has 0 saturated carbocycles. The number of likely N-dealkylation sites (N-methyl/N-ethyl adjacent to an activating group) is 1. The van der Waals surface area contributed by atoms with Crippen molar-refractivity contribution in [3.05, 3.63) is 65.2 Å². The summed E-state index contributed by atoms with van der Waals surface area (Å²) in [5.41, 5.74) is 2.76. The van der Waals surface area contributed by atoms with E-state index < -0.39 is 0 Å². The van der Waals surface area contributed by atoms with E-state index in [0.717, 1.165) is 12.1 Å². The molecule has 144 valence electrons. The van der Waals surface area contributed by atoms with Crippen LogP contribution in [-0.4, -0.2) is 56.4 Å². The fraction of sp³-hybridized carbons (Fsp3) is 0.333. The van der Waals surface area contributed by atoms with Crippen LogP contribution in [0, 0.1) is 0 Å². The Hall–Kier alpha value is -2.86. The van der Waals surface area contributed by atoms with E-state index in [0.29, 0.717) is 17.9 Å². The minimum absolute atomic E-state index is 0.0595. The Morgan fingerprint density at radius 2 is 1.67 bits per heavy atom.